The molecule has 0 heterocycles. The van der Waals surface area contributed by atoms with Gasteiger partial charge in [0, 0.05) is 27.2 Å². The summed E-state index contributed by atoms with van der Waals surface area (Å²) in [4.78, 5) is 2.00. The normalized spacial score (nSPS) is 13.0. The van der Waals surface area contributed by atoms with E-state index in [0.29, 0.717) is 17.8 Å². The van der Waals surface area contributed by atoms with E-state index in [-0.39, 0.29) is 10.9 Å². The molecule has 0 saturated carbocycles. The van der Waals surface area contributed by atoms with Crippen LogP contribution >= 0.6 is 0 Å². The Bertz CT molecular complexity index is 620. The first kappa shape index (κ1) is 16.3. The number of anilines is 2. The van der Waals surface area contributed by atoms with Crippen molar-refractivity contribution in [3.8, 4) is 6.07 Å². The minimum Gasteiger partial charge on any atom is -0.397 e. The predicted molar refractivity (Wildman–Crippen MR) is 79.8 cm³/mol. The molecule has 1 unspecified atom stereocenters. The van der Waals surface area contributed by atoms with Crippen LogP contribution in [-0.4, -0.2) is 39.9 Å². The number of hydrogen-bond acceptors (Lipinski definition) is 5. The highest BCUT2D eigenvalue weighted by molar-refractivity contribution is 7.89. The second-order valence-corrected chi connectivity index (χ2v) is 6.98. The van der Waals surface area contributed by atoms with Crippen LogP contribution in [0.5, 0.6) is 0 Å². The molecule has 1 atom stereocenters. The number of nitriles is 1. The van der Waals surface area contributed by atoms with Crippen molar-refractivity contribution in [2.75, 3.05) is 31.8 Å². The number of benzene rings is 1. The van der Waals surface area contributed by atoms with Crippen LogP contribution in [0.3, 0.4) is 0 Å². The zero-order chi connectivity index (χ0) is 15.5. The SMILES string of the molecule is CC(CC#N)N(C)c1cc(S(=O)(=O)N(C)C)ccc1N. The Hall–Kier alpha value is -1.78. The summed E-state index contributed by atoms with van der Waals surface area (Å²) in [7, 11) is 1.25. The fraction of sp³-hybridized carbons (Fsp3) is 0.462. The molecular formula is C13H20N4O2S. The molecule has 20 heavy (non-hydrogen) atoms. The van der Waals surface area contributed by atoms with Gasteiger partial charge in [-0.15, -0.1) is 0 Å². The third kappa shape index (κ3) is 3.21. The van der Waals surface area contributed by atoms with E-state index in [9.17, 15) is 8.42 Å². The average molecular weight is 296 g/mol. The first-order chi connectivity index (χ1) is 9.21. The minimum atomic E-state index is -3.50. The number of nitrogens with two attached hydrogens (primary N) is 1. The fourth-order valence-corrected chi connectivity index (χ4v) is 2.63. The van der Waals surface area contributed by atoms with Crippen LogP contribution in [-0.2, 0) is 10.0 Å². The lowest BCUT2D eigenvalue weighted by molar-refractivity contribution is 0.520. The van der Waals surface area contributed by atoms with Gasteiger partial charge < -0.3 is 10.6 Å². The van der Waals surface area contributed by atoms with E-state index in [4.69, 9.17) is 11.0 Å². The van der Waals surface area contributed by atoms with Gasteiger partial charge in [0.2, 0.25) is 10.0 Å². The molecule has 0 amide bonds. The Morgan fingerprint density at radius 3 is 2.45 bits per heavy atom. The van der Waals surface area contributed by atoms with Gasteiger partial charge in [0.1, 0.15) is 0 Å². The summed E-state index contributed by atoms with van der Waals surface area (Å²) in [6, 6.07) is 6.63. The Morgan fingerprint density at radius 2 is 1.95 bits per heavy atom. The molecule has 0 aromatic heterocycles. The highest BCUT2D eigenvalue weighted by Crippen LogP contribution is 2.28. The molecule has 7 heteroatoms. The molecule has 1 aromatic carbocycles. The molecule has 0 fully saturated rings. The van der Waals surface area contributed by atoms with Crippen LogP contribution in [0, 0.1) is 11.3 Å². The van der Waals surface area contributed by atoms with Gasteiger partial charge in [0.25, 0.3) is 0 Å². The Kier molecular flexibility index (Phi) is 4.98. The summed E-state index contributed by atoms with van der Waals surface area (Å²) in [5.74, 6) is 0. The molecule has 2 N–H and O–H groups in total. The molecule has 0 radical (unpaired) electrons. The van der Waals surface area contributed by atoms with Crippen molar-refractivity contribution in [1.82, 2.24) is 4.31 Å². The molecular weight excluding hydrogens is 276 g/mol. The van der Waals surface area contributed by atoms with Gasteiger partial charge in [-0.1, -0.05) is 0 Å². The lowest BCUT2D eigenvalue weighted by Gasteiger charge is -2.27. The maximum absolute atomic E-state index is 12.1. The standard InChI is InChI=1S/C13H20N4O2S/c1-10(7-8-14)17(4)13-9-11(5-6-12(13)15)20(18,19)16(2)3/h5-6,9-10H,7,15H2,1-4H3. The summed E-state index contributed by atoms with van der Waals surface area (Å²) in [5.41, 5.74) is 7.00. The van der Waals surface area contributed by atoms with Gasteiger partial charge in [0.15, 0.2) is 0 Å². The quantitative estimate of drug-likeness (QED) is 0.826. The molecule has 6 nitrogen and oxygen atoms in total. The van der Waals surface area contributed by atoms with E-state index >= 15 is 0 Å². The van der Waals surface area contributed by atoms with E-state index in [1.807, 2.05) is 11.8 Å². The van der Waals surface area contributed by atoms with Gasteiger partial charge in [-0.2, -0.15) is 5.26 Å². The largest absolute Gasteiger partial charge is 0.397 e. The summed E-state index contributed by atoms with van der Waals surface area (Å²) >= 11 is 0. The molecule has 0 bridgehead atoms. The van der Waals surface area contributed by atoms with Gasteiger partial charge in [-0.3, -0.25) is 0 Å². The number of hydrogen-bond donors (Lipinski definition) is 1. The van der Waals surface area contributed by atoms with Gasteiger partial charge >= 0.3 is 0 Å². The van der Waals surface area contributed by atoms with Gasteiger partial charge in [-0.25, -0.2) is 12.7 Å². The first-order valence-corrected chi connectivity index (χ1v) is 7.57. The summed E-state index contributed by atoms with van der Waals surface area (Å²) in [5, 5.41) is 8.75. The Labute approximate surface area is 120 Å². The third-order valence-electron chi connectivity index (χ3n) is 3.21. The fourth-order valence-electron chi connectivity index (χ4n) is 1.71. The predicted octanol–water partition coefficient (Wildman–Crippen LogP) is 1.26. The molecule has 1 aromatic rings. The van der Waals surface area contributed by atoms with E-state index in [1.54, 1.807) is 19.2 Å². The van der Waals surface area contributed by atoms with Crippen LogP contribution in [0.2, 0.25) is 0 Å². The highest BCUT2D eigenvalue weighted by atomic mass is 32.2. The molecule has 0 spiro atoms. The summed E-state index contributed by atoms with van der Waals surface area (Å²) in [6.45, 7) is 1.88. The van der Waals surface area contributed by atoms with E-state index in [2.05, 4.69) is 6.07 Å². The van der Waals surface area contributed by atoms with E-state index in [0.717, 1.165) is 4.31 Å². The van der Waals surface area contributed by atoms with Crippen molar-refractivity contribution in [2.45, 2.75) is 24.3 Å². The molecule has 0 aliphatic rings. The molecule has 110 valence electrons. The number of rotatable bonds is 5. The Balaban J connectivity index is 3.27. The van der Waals surface area contributed by atoms with Gasteiger partial charge in [-0.05, 0) is 25.1 Å². The summed E-state index contributed by atoms with van der Waals surface area (Å²) in [6.07, 6.45) is 0.334. The number of nitrogens with zero attached hydrogens (tertiary/aromatic N) is 3. The van der Waals surface area contributed by atoms with Crippen molar-refractivity contribution in [1.29, 1.82) is 5.26 Å². The molecule has 0 aliphatic carbocycles. The van der Waals surface area contributed by atoms with Crippen LogP contribution in [0.4, 0.5) is 11.4 Å². The third-order valence-corrected chi connectivity index (χ3v) is 5.02. The van der Waals surface area contributed by atoms with Crippen LogP contribution < -0.4 is 10.6 Å². The lowest BCUT2D eigenvalue weighted by Crippen LogP contribution is -2.29. The van der Waals surface area contributed by atoms with Crippen molar-refractivity contribution >= 4 is 21.4 Å². The van der Waals surface area contributed by atoms with Crippen molar-refractivity contribution in [3.63, 3.8) is 0 Å². The van der Waals surface area contributed by atoms with Crippen molar-refractivity contribution < 1.29 is 8.42 Å². The topological polar surface area (TPSA) is 90.4 Å². The molecule has 0 aliphatic heterocycles. The van der Waals surface area contributed by atoms with Crippen LogP contribution in [0.25, 0.3) is 0 Å². The van der Waals surface area contributed by atoms with Crippen LogP contribution in [0.1, 0.15) is 13.3 Å². The zero-order valence-electron chi connectivity index (χ0n) is 12.2. The maximum atomic E-state index is 12.1. The minimum absolute atomic E-state index is 0.0559. The zero-order valence-corrected chi connectivity index (χ0v) is 13.0. The van der Waals surface area contributed by atoms with E-state index in [1.165, 1.54) is 20.2 Å². The monoisotopic (exact) mass is 296 g/mol. The summed E-state index contributed by atoms with van der Waals surface area (Å²) < 4.78 is 25.4. The average Bonchev–Trinajstić information content (AvgIpc) is 2.38. The van der Waals surface area contributed by atoms with Crippen LogP contribution in [0.15, 0.2) is 23.1 Å². The Morgan fingerprint density at radius 1 is 1.35 bits per heavy atom. The van der Waals surface area contributed by atoms with Crippen molar-refractivity contribution in [2.24, 2.45) is 0 Å². The highest BCUT2D eigenvalue weighted by Gasteiger charge is 2.20. The maximum Gasteiger partial charge on any atom is 0.242 e. The molecule has 0 saturated heterocycles. The van der Waals surface area contributed by atoms with Gasteiger partial charge in [0.05, 0.1) is 28.8 Å². The smallest absolute Gasteiger partial charge is 0.242 e. The first-order valence-electron chi connectivity index (χ1n) is 6.13. The van der Waals surface area contributed by atoms with Crippen molar-refractivity contribution in [3.05, 3.63) is 18.2 Å². The van der Waals surface area contributed by atoms with E-state index < -0.39 is 10.0 Å². The second-order valence-electron chi connectivity index (χ2n) is 4.83. The molecule has 1 rings (SSSR count). The second kappa shape index (κ2) is 6.11. The lowest BCUT2D eigenvalue weighted by atomic mass is 10.2. The number of nitrogen functional groups attached to an aromatic ring is 1. The number of sulfonamides is 1.